The molecule has 29 heavy (non-hydrogen) atoms. The molecule has 0 saturated heterocycles. The second-order valence-electron chi connectivity index (χ2n) is 9.66. The molecular weight excluding hydrogens is 372 g/mol. The van der Waals surface area contributed by atoms with Crippen LogP contribution in [-0.4, -0.2) is 15.7 Å². The molecule has 150 valence electrons. The van der Waals surface area contributed by atoms with Gasteiger partial charge in [-0.1, -0.05) is 6.07 Å². The van der Waals surface area contributed by atoms with Crippen LogP contribution >= 0.6 is 0 Å². The van der Waals surface area contributed by atoms with Gasteiger partial charge in [-0.15, -0.1) is 0 Å². The minimum atomic E-state index is -0.778. The first-order valence-electron chi connectivity index (χ1n) is 10.6. The fraction of sp³-hybridized carbons (Fsp3) is 0.522. The highest BCUT2D eigenvalue weighted by molar-refractivity contribution is 5.94. The van der Waals surface area contributed by atoms with Gasteiger partial charge < -0.3 is 10.4 Å². The Balaban J connectivity index is 1.46. The van der Waals surface area contributed by atoms with Gasteiger partial charge in [0.15, 0.2) is 0 Å². The van der Waals surface area contributed by atoms with Crippen molar-refractivity contribution in [3.63, 3.8) is 0 Å². The van der Waals surface area contributed by atoms with E-state index < -0.39 is 17.6 Å². The lowest BCUT2D eigenvalue weighted by molar-refractivity contribution is 0.0755. The van der Waals surface area contributed by atoms with Crippen LogP contribution in [0.4, 0.5) is 8.78 Å². The van der Waals surface area contributed by atoms with E-state index in [9.17, 15) is 13.6 Å². The van der Waals surface area contributed by atoms with Crippen LogP contribution in [-0.2, 0) is 5.41 Å². The number of fused-ring (bicyclic) bond motifs is 1. The molecule has 0 spiro atoms. The zero-order valence-electron chi connectivity index (χ0n) is 16.1. The van der Waals surface area contributed by atoms with Crippen LogP contribution in [0.3, 0.4) is 0 Å². The second kappa shape index (κ2) is 5.83. The summed E-state index contributed by atoms with van der Waals surface area (Å²) in [6.45, 7) is 0. The predicted octanol–water partition coefficient (Wildman–Crippen LogP) is 4.30. The molecule has 4 aliphatic rings. The Hall–Kier alpha value is -2.37. The number of nitrogens with zero attached hydrogens (tertiary/aromatic N) is 1. The van der Waals surface area contributed by atoms with Gasteiger partial charge in [0.1, 0.15) is 17.5 Å². The molecule has 2 aromatic rings. The fourth-order valence-electron chi connectivity index (χ4n) is 6.46. The van der Waals surface area contributed by atoms with E-state index in [1.807, 2.05) is 0 Å². The molecule has 6 heteroatoms. The number of aromatic nitrogens is 2. The summed E-state index contributed by atoms with van der Waals surface area (Å²) in [6.07, 6.45) is 6.33. The zero-order chi connectivity index (χ0) is 19.9. The Labute approximate surface area is 167 Å². The smallest absolute Gasteiger partial charge is 0.251 e. The van der Waals surface area contributed by atoms with Gasteiger partial charge in [-0.3, -0.25) is 4.79 Å². The quantitative estimate of drug-likeness (QED) is 0.741. The summed E-state index contributed by atoms with van der Waals surface area (Å²) >= 11 is 0. The molecule has 4 nitrogen and oxygen atoms in total. The van der Waals surface area contributed by atoms with Crippen molar-refractivity contribution in [3.8, 4) is 0 Å². The summed E-state index contributed by atoms with van der Waals surface area (Å²) in [4.78, 5) is 20.2. The zero-order valence-corrected chi connectivity index (χ0v) is 16.1. The van der Waals surface area contributed by atoms with Crippen molar-refractivity contribution in [1.82, 2.24) is 9.97 Å². The van der Waals surface area contributed by atoms with Gasteiger partial charge in [0, 0.05) is 28.8 Å². The van der Waals surface area contributed by atoms with E-state index >= 15 is 0 Å². The van der Waals surface area contributed by atoms with Gasteiger partial charge in [0.25, 0.3) is 5.56 Å². The summed E-state index contributed by atoms with van der Waals surface area (Å²) in [5, 5.41) is 8.66. The summed E-state index contributed by atoms with van der Waals surface area (Å²) in [7, 11) is 0. The Bertz CT molecular complexity index is 1070. The predicted molar refractivity (Wildman–Crippen MR) is 104 cm³/mol. The van der Waals surface area contributed by atoms with Crippen molar-refractivity contribution < 1.29 is 8.78 Å². The monoisotopic (exact) mass is 395 g/mol. The lowest BCUT2D eigenvalue weighted by Gasteiger charge is -2.44. The number of aromatic amines is 1. The van der Waals surface area contributed by atoms with Crippen LogP contribution in [0.15, 0.2) is 29.1 Å². The van der Waals surface area contributed by atoms with Crippen molar-refractivity contribution in [2.45, 2.75) is 49.9 Å². The van der Waals surface area contributed by atoms with E-state index in [4.69, 9.17) is 10.4 Å². The van der Waals surface area contributed by atoms with E-state index in [1.54, 1.807) is 6.07 Å². The molecule has 4 fully saturated rings. The molecule has 3 unspecified atom stereocenters. The number of rotatable bonds is 5. The number of nitrogens with one attached hydrogen (secondary N) is 2. The highest BCUT2D eigenvalue weighted by atomic mass is 19.1. The van der Waals surface area contributed by atoms with Crippen LogP contribution in [0.5, 0.6) is 0 Å². The minimum absolute atomic E-state index is 0.0328. The van der Waals surface area contributed by atoms with Gasteiger partial charge in [-0.05, 0) is 68.3 Å². The number of halogens is 2. The topological polar surface area (TPSA) is 69.6 Å². The molecule has 0 radical (unpaired) electrons. The van der Waals surface area contributed by atoms with Crippen LogP contribution < -0.4 is 5.56 Å². The van der Waals surface area contributed by atoms with Crippen molar-refractivity contribution in [3.05, 3.63) is 63.3 Å². The minimum Gasteiger partial charge on any atom is -0.310 e. The molecule has 2 bridgehead atoms. The first kappa shape index (κ1) is 17.5. The van der Waals surface area contributed by atoms with Crippen molar-refractivity contribution in [2.75, 3.05) is 0 Å². The van der Waals surface area contributed by atoms with Gasteiger partial charge in [0.05, 0.1) is 11.6 Å². The third kappa shape index (κ3) is 2.57. The Morgan fingerprint density at radius 2 is 1.93 bits per heavy atom. The highest BCUT2D eigenvalue weighted by Crippen LogP contribution is 2.69. The maximum absolute atomic E-state index is 14.7. The summed E-state index contributed by atoms with van der Waals surface area (Å²) < 4.78 is 28.2. The SMILES string of the molecule is N=C(C1CC1)C(c1nc(C23CC4CC(C2)C4C3)cc(=O)[nH]1)c1ccc(F)cc1F. The van der Waals surface area contributed by atoms with Crippen LogP contribution in [0.1, 0.15) is 61.5 Å². The van der Waals surface area contributed by atoms with E-state index in [-0.39, 0.29) is 22.5 Å². The third-order valence-corrected chi connectivity index (χ3v) is 7.93. The lowest BCUT2D eigenvalue weighted by atomic mass is 9.61. The molecule has 0 aliphatic heterocycles. The lowest BCUT2D eigenvalue weighted by Crippen LogP contribution is -2.38. The molecular formula is C23H23F2N3O. The van der Waals surface area contributed by atoms with Crippen LogP contribution in [0.25, 0.3) is 0 Å². The number of benzene rings is 1. The molecule has 1 aromatic heterocycles. The number of hydrogen-bond donors (Lipinski definition) is 2. The van der Waals surface area contributed by atoms with Crippen molar-refractivity contribution >= 4 is 5.71 Å². The normalized spacial score (nSPS) is 32.8. The summed E-state index contributed by atoms with van der Waals surface area (Å²) in [5.41, 5.74) is 1.09. The Morgan fingerprint density at radius 3 is 2.55 bits per heavy atom. The molecule has 4 saturated carbocycles. The van der Waals surface area contributed by atoms with Gasteiger partial charge >= 0.3 is 0 Å². The highest BCUT2D eigenvalue weighted by Gasteiger charge is 2.63. The standard InChI is InChI=1S/C23H23F2N3O/c24-14-3-4-15(17(25)6-14)20(21(26)11-1-2-11)22-27-18(7-19(29)28-22)23-8-12-5-13(9-23)16(12)10-23/h3-4,6-7,11-13,16,20,26H,1-2,5,8-10H2,(H,27,28,29). The molecule has 0 amide bonds. The first-order valence-corrected chi connectivity index (χ1v) is 10.6. The number of hydrogen-bond acceptors (Lipinski definition) is 3. The van der Waals surface area contributed by atoms with Gasteiger partial charge in [0.2, 0.25) is 0 Å². The third-order valence-electron chi connectivity index (χ3n) is 7.93. The summed E-state index contributed by atoms with van der Waals surface area (Å²) in [5.74, 6) is 0.561. The molecule has 4 aliphatic carbocycles. The fourth-order valence-corrected chi connectivity index (χ4v) is 6.46. The average Bonchev–Trinajstić information content (AvgIpc) is 3.44. The van der Waals surface area contributed by atoms with E-state index in [2.05, 4.69) is 4.98 Å². The van der Waals surface area contributed by atoms with E-state index in [0.717, 1.165) is 61.6 Å². The Morgan fingerprint density at radius 1 is 1.17 bits per heavy atom. The molecule has 6 rings (SSSR count). The first-order chi connectivity index (χ1) is 13.9. The molecule has 1 aromatic carbocycles. The number of H-pyrrole nitrogens is 1. The average molecular weight is 395 g/mol. The second-order valence-corrected chi connectivity index (χ2v) is 9.66. The Kier molecular flexibility index (Phi) is 3.52. The van der Waals surface area contributed by atoms with E-state index in [1.165, 1.54) is 18.6 Å². The van der Waals surface area contributed by atoms with Crippen LogP contribution in [0.2, 0.25) is 0 Å². The van der Waals surface area contributed by atoms with E-state index in [0.29, 0.717) is 11.5 Å². The molecule has 2 N–H and O–H groups in total. The molecule has 3 atom stereocenters. The van der Waals surface area contributed by atoms with Crippen molar-refractivity contribution in [1.29, 1.82) is 5.41 Å². The maximum atomic E-state index is 14.7. The maximum Gasteiger partial charge on any atom is 0.251 e. The van der Waals surface area contributed by atoms with Crippen LogP contribution in [0, 0.1) is 40.7 Å². The molecule has 1 heterocycles. The van der Waals surface area contributed by atoms with Crippen molar-refractivity contribution in [2.24, 2.45) is 23.7 Å². The van der Waals surface area contributed by atoms with Gasteiger partial charge in [-0.2, -0.15) is 0 Å². The summed E-state index contributed by atoms with van der Waals surface area (Å²) in [6, 6.07) is 5.04. The largest absolute Gasteiger partial charge is 0.310 e. The van der Waals surface area contributed by atoms with Gasteiger partial charge in [-0.25, -0.2) is 13.8 Å².